The summed E-state index contributed by atoms with van der Waals surface area (Å²) >= 11 is 0. The third-order valence-electron chi connectivity index (χ3n) is 2.02. The van der Waals surface area contributed by atoms with E-state index >= 15 is 0 Å². The van der Waals surface area contributed by atoms with Gasteiger partial charge < -0.3 is 9.30 Å². The van der Waals surface area contributed by atoms with Crippen LogP contribution in [-0.4, -0.2) is 22.4 Å². The molecule has 14 heavy (non-hydrogen) atoms. The fourth-order valence-corrected chi connectivity index (χ4v) is 1.47. The third-order valence-corrected chi connectivity index (χ3v) is 2.02. The highest BCUT2D eigenvalue weighted by Gasteiger charge is 2.14. The number of methoxy groups -OCH3 is 1. The molecule has 0 aliphatic carbocycles. The van der Waals surface area contributed by atoms with Crippen LogP contribution in [0, 0.1) is 0 Å². The Balaban J connectivity index is 3.13. The molecule has 1 aromatic heterocycles. The number of ketones is 1. The first-order valence-electron chi connectivity index (χ1n) is 4.64. The van der Waals surface area contributed by atoms with Gasteiger partial charge in [-0.25, -0.2) is 4.98 Å². The summed E-state index contributed by atoms with van der Waals surface area (Å²) in [7, 11) is 1.62. The molecule has 78 valence electrons. The second kappa shape index (κ2) is 4.37. The van der Waals surface area contributed by atoms with Crippen LogP contribution in [-0.2, 0) is 11.3 Å². The van der Waals surface area contributed by atoms with Gasteiger partial charge in [0.15, 0.2) is 5.78 Å². The van der Waals surface area contributed by atoms with Gasteiger partial charge in [0, 0.05) is 20.1 Å². The third kappa shape index (κ3) is 2.01. The summed E-state index contributed by atoms with van der Waals surface area (Å²) in [5.74, 6) is 0.834. The summed E-state index contributed by atoms with van der Waals surface area (Å²) < 4.78 is 6.93. The molecular weight excluding hydrogens is 180 g/mol. The van der Waals surface area contributed by atoms with Crippen LogP contribution >= 0.6 is 0 Å². The summed E-state index contributed by atoms with van der Waals surface area (Å²) in [5, 5.41) is 0. The molecule has 0 aliphatic heterocycles. The normalized spacial score (nSPS) is 10.9. The maximum Gasteiger partial charge on any atom is 0.177 e. The maximum atomic E-state index is 11.3. The summed E-state index contributed by atoms with van der Waals surface area (Å²) in [6, 6.07) is 0.224. The van der Waals surface area contributed by atoms with Crippen LogP contribution in [0.5, 0.6) is 0 Å². The van der Waals surface area contributed by atoms with Crippen molar-refractivity contribution in [3.8, 4) is 0 Å². The number of aromatic nitrogens is 2. The highest BCUT2D eigenvalue weighted by molar-refractivity contribution is 5.92. The Morgan fingerprint density at radius 3 is 2.71 bits per heavy atom. The van der Waals surface area contributed by atoms with Crippen LogP contribution in [0.2, 0.25) is 0 Å². The summed E-state index contributed by atoms with van der Waals surface area (Å²) in [4.78, 5) is 15.5. The van der Waals surface area contributed by atoms with Gasteiger partial charge in [-0.3, -0.25) is 4.79 Å². The minimum Gasteiger partial charge on any atom is -0.377 e. The number of hydrogen-bond donors (Lipinski definition) is 0. The van der Waals surface area contributed by atoms with Crippen LogP contribution in [0.1, 0.15) is 43.1 Å². The molecule has 0 saturated carbocycles. The molecule has 4 heteroatoms. The first kappa shape index (κ1) is 10.9. The monoisotopic (exact) mass is 196 g/mol. The SMILES string of the molecule is COCc1ncc(C(C)=O)n1C(C)C. The number of ether oxygens (including phenoxy) is 1. The number of carbonyl (C=O) groups is 1. The van der Waals surface area contributed by atoms with Gasteiger partial charge in [0.05, 0.1) is 6.20 Å². The van der Waals surface area contributed by atoms with E-state index in [1.54, 1.807) is 20.2 Å². The quantitative estimate of drug-likeness (QED) is 0.690. The molecule has 0 fully saturated rings. The Labute approximate surface area is 83.9 Å². The zero-order valence-corrected chi connectivity index (χ0v) is 9.07. The summed E-state index contributed by atoms with van der Waals surface area (Å²) in [6.45, 7) is 6.03. The van der Waals surface area contributed by atoms with Gasteiger partial charge in [0.1, 0.15) is 18.1 Å². The highest BCUT2D eigenvalue weighted by Crippen LogP contribution is 2.14. The van der Waals surface area contributed by atoms with Gasteiger partial charge in [-0.05, 0) is 13.8 Å². The Kier molecular flexibility index (Phi) is 3.41. The Hall–Kier alpha value is -1.16. The summed E-state index contributed by atoms with van der Waals surface area (Å²) in [6.07, 6.45) is 1.61. The van der Waals surface area contributed by atoms with Gasteiger partial charge in [-0.2, -0.15) is 0 Å². The average molecular weight is 196 g/mol. The van der Waals surface area contributed by atoms with E-state index < -0.39 is 0 Å². The number of hydrogen-bond acceptors (Lipinski definition) is 3. The van der Waals surface area contributed by atoms with E-state index in [0.29, 0.717) is 12.3 Å². The topological polar surface area (TPSA) is 44.1 Å². The van der Waals surface area contributed by atoms with E-state index in [-0.39, 0.29) is 11.8 Å². The van der Waals surface area contributed by atoms with Gasteiger partial charge in [0.2, 0.25) is 0 Å². The molecule has 4 nitrogen and oxygen atoms in total. The lowest BCUT2D eigenvalue weighted by atomic mass is 10.3. The minimum absolute atomic E-state index is 0.0357. The molecule has 0 atom stereocenters. The van der Waals surface area contributed by atoms with E-state index in [4.69, 9.17) is 4.74 Å². The lowest BCUT2D eigenvalue weighted by Crippen LogP contribution is -2.12. The molecule has 0 bridgehead atoms. The molecule has 0 saturated heterocycles. The van der Waals surface area contributed by atoms with Gasteiger partial charge in [0.25, 0.3) is 0 Å². The molecule has 1 rings (SSSR count). The molecule has 0 N–H and O–H groups in total. The molecule has 1 aromatic rings. The van der Waals surface area contributed by atoms with Crippen LogP contribution in [0.25, 0.3) is 0 Å². The van der Waals surface area contributed by atoms with E-state index in [1.807, 2.05) is 18.4 Å². The first-order valence-corrected chi connectivity index (χ1v) is 4.64. The Bertz CT molecular complexity index is 329. The smallest absolute Gasteiger partial charge is 0.177 e. The lowest BCUT2D eigenvalue weighted by Gasteiger charge is -2.13. The standard InChI is InChI=1S/C10H16N2O2/c1-7(2)12-9(8(3)13)5-11-10(12)6-14-4/h5,7H,6H2,1-4H3. The number of nitrogens with zero attached hydrogens (tertiary/aromatic N) is 2. The zero-order valence-electron chi connectivity index (χ0n) is 9.07. The van der Waals surface area contributed by atoms with E-state index in [1.165, 1.54) is 0 Å². The second-order valence-corrected chi connectivity index (χ2v) is 3.51. The van der Waals surface area contributed by atoms with Crippen molar-refractivity contribution in [2.24, 2.45) is 0 Å². The first-order chi connectivity index (χ1) is 6.57. The fourth-order valence-electron chi connectivity index (χ4n) is 1.47. The molecule has 1 heterocycles. The zero-order chi connectivity index (χ0) is 10.7. The van der Waals surface area contributed by atoms with Crippen molar-refractivity contribution in [2.75, 3.05) is 7.11 Å². The van der Waals surface area contributed by atoms with Gasteiger partial charge in [-0.1, -0.05) is 0 Å². The van der Waals surface area contributed by atoms with E-state index in [2.05, 4.69) is 4.98 Å². The van der Waals surface area contributed by atoms with Crippen molar-refractivity contribution in [2.45, 2.75) is 33.4 Å². The van der Waals surface area contributed by atoms with Crippen molar-refractivity contribution in [3.05, 3.63) is 17.7 Å². The number of rotatable bonds is 4. The van der Waals surface area contributed by atoms with Crippen LogP contribution in [0.15, 0.2) is 6.20 Å². The second-order valence-electron chi connectivity index (χ2n) is 3.51. The van der Waals surface area contributed by atoms with Crippen LogP contribution in [0.3, 0.4) is 0 Å². The van der Waals surface area contributed by atoms with Crippen LogP contribution in [0.4, 0.5) is 0 Å². The van der Waals surface area contributed by atoms with E-state index in [9.17, 15) is 4.79 Å². The predicted molar refractivity (Wildman–Crippen MR) is 53.3 cm³/mol. The van der Waals surface area contributed by atoms with Gasteiger partial charge in [-0.15, -0.1) is 0 Å². The van der Waals surface area contributed by atoms with Crippen molar-refractivity contribution >= 4 is 5.78 Å². The van der Waals surface area contributed by atoms with E-state index in [0.717, 1.165) is 5.82 Å². The fraction of sp³-hybridized carbons (Fsp3) is 0.600. The van der Waals surface area contributed by atoms with Crippen molar-refractivity contribution in [1.29, 1.82) is 0 Å². The molecule has 0 aliphatic rings. The Morgan fingerprint density at radius 2 is 2.29 bits per heavy atom. The van der Waals surface area contributed by atoms with Crippen molar-refractivity contribution < 1.29 is 9.53 Å². The number of Topliss-reactive ketones (excluding diaryl/α,β-unsaturated/α-hetero) is 1. The maximum absolute atomic E-state index is 11.3. The average Bonchev–Trinajstić information content (AvgIpc) is 2.48. The highest BCUT2D eigenvalue weighted by atomic mass is 16.5. The van der Waals surface area contributed by atoms with Crippen LogP contribution < -0.4 is 0 Å². The number of carbonyl (C=O) groups excluding carboxylic acids is 1. The van der Waals surface area contributed by atoms with Crippen molar-refractivity contribution in [3.63, 3.8) is 0 Å². The minimum atomic E-state index is 0.0357. The molecule has 0 spiro atoms. The van der Waals surface area contributed by atoms with Crippen molar-refractivity contribution in [1.82, 2.24) is 9.55 Å². The predicted octanol–water partition coefficient (Wildman–Crippen LogP) is 1.81. The Morgan fingerprint density at radius 1 is 1.64 bits per heavy atom. The molecule has 0 unspecified atom stereocenters. The summed E-state index contributed by atoms with van der Waals surface area (Å²) in [5.41, 5.74) is 0.645. The van der Waals surface area contributed by atoms with Gasteiger partial charge >= 0.3 is 0 Å². The molecule has 0 radical (unpaired) electrons. The molecule has 0 amide bonds. The largest absolute Gasteiger partial charge is 0.377 e. The molecule has 0 aromatic carbocycles. The molecular formula is C10H16N2O2. The lowest BCUT2D eigenvalue weighted by molar-refractivity contribution is 0.100. The number of imidazole rings is 1.